The second-order valence-electron chi connectivity index (χ2n) is 3.83. The van der Waals surface area contributed by atoms with E-state index in [1.54, 1.807) is 0 Å². The average molecular weight is 228 g/mol. The third kappa shape index (κ3) is 2.88. The molecule has 0 radical (unpaired) electrons. The maximum absolute atomic E-state index is 11.6. The molecule has 0 saturated heterocycles. The van der Waals surface area contributed by atoms with Crippen molar-refractivity contribution >= 4 is 5.97 Å². The summed E-state index contributed by atoms with van der Waals surface area (Å²) in [5.74, 6) is 0.705. The van der Waals surface area contributed by atoms with E-state index in [0.717, 1.165) is 18.6 Å². The van der Waals surface area contributed by atoms with E-state index in [-0.39, 0.29) is 12.0 Å². The van der Waals surface area contributed by atoms with Crippen LogP contribution in [0.4, 0.5) is 0 Å². The summed E-state index contributed by atoms with van der Waals surface area (Å²) in [5.41, 5.74) is 0. The Morgan fingerprint density at radius 1 is 1.62 bits per heavy atom. The van der Waals surface area contributed by atoms with E-state index in [4.69, 9.17) is 9.47 Å². The van der Waals surface area contributed by atoms with Gasteiger partial charge in [0.25, 0.3) is 0 Å². The monoisotopic (exact) mass is 228 g/mol. The molecule has 0 bridgehead atoms. The summed E-state index contributed by atoms with van der Waals surface area (Å²) in [6.07, 6.45) is 3.36. The Kier molecular flexibility index (Phi) is 4.61. The fraction of sp³-hybridized carbons (Fsp3) is 0.727. The van der Waals surface area contributed by atoms with Gasteiger partial charge in [-0.05, 0) is 13.3 Å². The molecule has 1 aliphatic heterocycles. The Bertz CT molecular complexity index is 276. The van der Waals surface area contributed by atoms with Gasteiger partial charge in [-0.25, -0.2) is 9.80 Å². The number of carbonyl (C=O) groups is 1. The van der Waals surface area contributed by atoms with Gasteiger partial charge in [0, 0.05) is 20.5 Å². The van der Waals surface area contributed by atoms with E-state index in [2.05, 4.69) is 0 Å². The predicted octanol–water partition coefficient (Wildman–Crippen LogP) is 0.978. The van der Waals surface area contributed by atoms with Crippen LogP contribution in [-0.4, -0.2) is 49.8 Å². The minimum atomic E-state index is -0.246. The van der Waals surface area contributed by atoms with Crippen molar-refractivity contribution in [3.8, 4) is 0 Å². The Morgan fingerprint density at radius 3 is 2.81 bits per heavy atom. The smallest absolute Gasteiger partial charge is 0.330 e. The highest BCUT2D eigenvalue weighted by Gasteiger charge is 2.30. The lowest BCUT2D eigenvalue weighted by atomic mass is 10.1. The average Bonchev–Trinajstić information content (AvgIpc) is 2.28. The van der Waals surface area contributed by atoms with Gasteiger partial charge in [-0.15, -0.1) is 0 Å². The van der Waals surface area contributed by atoms with Crippen molar-refractivity contribution in [2.75, 3.05) is 27.8 Å². The summed E-state index contributed by atoms with van der Waals surface area (Å²) in [6, 6.07) is -0.246. The molecule has 5 nitrogen and oxygen atoms in total. The van der Waals surface area contributed by atoms with E-state index >= 15 is 0 Å². The van der Waals surface area contributed by atoms with Gasteiger partial charge in [0.2, 0.25) is 0 Å². The SMILES string of the molecule is CCOC1=CN(N(C)C)C(C(=O)OC)CC1. The molecule has 0 N–H and O–H groups in total. The van der Waals surface area contributed by atoms with Crippen molar-refractivity contribution in [2.45, 2.75) is 25.8 Å². The molecule has 1 atom stereocenters. The van der Waals surface area contributed by atoms with Crippen LogP contribution in [0.5, 0.6) is 0 Å². The molecule has 0 aromatic carbocycles. The first-order chi connectivity index (χ1) is 7.60. The second kappa shape index (κ2) is 5.75. The van der Waals surface area contributed by atoms with Crippen LogP contribution < -0.4 is 0 Å². The zero-order valence-corrected chi connectivity index (χ0v) is 10.4. The molecular weight excluding hydrogens is 208 g/mol. The molecule has 5 heteroatoms. The van der Waals surface area contributed by atoms with Gasteiger partial charge in [0.1, 0.15) is 11.8 Å². The first-order valence-electron chi connectivity index (χ1n) is 5.47. The molecule has 1 aliphatic rings. The van der Waals surface area contributed by atoms with Crippen molar-refractivity contribution < 1.29 is 14.3 Å². The second-order valence-corrected chi connectivity index (χ2v) is 3.83. The fourth-order valence-corrected chi connectivity index (χ4v) is 1.76. The standard InChI is InChI=1S/C11H20N2O3/c1-5-16-9-6-7-10(11(14)15-4)13(8-9)12(2)3/h8,10H,5-7H2,1-4H3. The molecule has 0 fully saturated rings. The number of hydrogen-bond donors (Lipinski definition) is 0. The summed E-state index contributed by atoms with van der Waals surface area (Å²) < 4.78 is 10.3. The van der Waals surface area contributed by atoms with Gasteiger partial charge in [-0.1, -0.05) is 0 Å². The zero-order valence-electron chi connectivity index (χ0n) is 10.4. The van der Waals surface area contributed by atoms with E-state index in [9.17, 15) is 4.79 Å². The van der Waals surface area contributed by atoms with E-state index in [0.29, 0.717) is 6.61 Å². The molecule has 0 aliphatic carbocycles. The van der Waals surface area contributed by atoms with Crippen LogP contribution in [0.2, 0.25) is 0 Å². The Balaban J connectivity index is 2.80. The molecule has 0 aromatic rings. The Labute approximate surface area is 96.6 Å². The van der Waals surface area contributed by atoms with Gasteiger partial charge in [0.15, 0.2) is 0 Å². The first kappa shape index (κ1) is 12.8. The zero-order chi connectivity index (χ0) is 12.1. The van der Waals surface area contributed by atoms with Crippen molar-refractivity contribution in [2.24, 2.45) is 0 Å². The molecule has 1 heterocycles. The highest BCUT2D eigenvalue weighted by Crippen LogP contribution is 2.22. The van der Waals surface area contributed by atoms with Crippen molar-refractivity contribution in [1.29, 1.82) is 0 Å². The minimum Gasteiger partial charge on any atom is -0.497 e. The van der Waals surface area contributed by atoms with Crippen LogP contribution in [0.1, 0.15) is 19.8 Å². The van der Waals surface area contributed by atoms with Gasteiger partial charge in [0.05, 0.1) is 19.9 Å². The molecule has 0 aromatic heterocycles. The van der Waals surface area contributed by atoms with Crippen LogP contribution in [0.25, 0.3) is 0 Å². The minimum absolute atomic E-state index is 0.208. The number of nitrogens with zero attached hydrogens (tertiary/aromatic N) is 2. The Hall–Kier alpha value is -1.23. The molecular formula is C11H20N2O3. The summed E-state index contributed by atoms with van der Waals surface area (Å²) in [4.78, 5) is 11.6. The number of rotatable bonds is 4. The van der Waals surface area contributed by atoms with Crippen LogP contribution in [0.15, 0.2) is 12.0 Å². The van der Waals surface area contributed by atoms with Crippen molar-refractivity contribution in [1.82, 2.24) is 10.0 Å². The summed E-state index contributed by atoms with van der Waals surface area (Å²) in [5, 5.41) is 3.71. The summed E-state index contributed by atoms with van der Waals surface area (Å²) in [7, 11) is 5.20. The van der Waals surface area contributed by atoms with Gasteiger partial charge >= 0.3 is 5.97 Å². The molecule has 1 unspecified atom stereocenters. The van der Waals surface area contributed by atoms with Crippen LogP contribution in [-0.2, 0) is 14.3 Å². The molecule has 0 amide bonds. The number of carbonyl (C=O) groups excluding carboxylic acids is 1. The topological polar surface area (TPSA) is 42.0 Å². The highest BCUT2D eigenvalue weighted by atomic mass is 16.5. The van der Waals surface area contributed by atoms with Crippen molar-refractivity contribution in [3.63, 3.8) is 0 Å². The third-order valence-corrected chi connectivity index (χ3v) is 2.52. The number of ether oxygens (including phenoxy) is 2. The number of methoxy groups -OCH3 is 1. The largest absolute Gasteiger partial charge is 0.497 e. The van der Waals surface area contributed by atoms with Crippen LogP contribution in [0, 0.1) is 0 Å². The summed E-state index contributed by atoms with van der Waals surface area (Å²) in [6.45, 7) is 2.60. The van der Waals surface area contributed by atoms with E-state index in [1.807, 2.05) is 37.2 Å². The first-order valence-corrected chi connectivity index (χ1v) is 5.47. The molecule has 92 valence electrons. The van der Waals surface area contributed by atoms with Gasteiger partial charge in [-0.3, -0.25) is 5.01 Å². The van der Waals surface area contributed by atoms with E-state index in [1.165, 1.54) is 7.11 Å². The number of esters is 1. The Morgan fingerprint density at radius 2 is 2.31 bits per heavy atom. The summed E-state index contributed by atoms with van der Waals surface area (Å²) >= 11 is 0. The third-order valence-electron chi connectivity index (χ3n) is 2.52. The lowest BCUT2D eigenvalue weighted by Gasteiger charge is -2.37. The van der Waals surface area contributed by atoms with Crippen molar-refractivity contribution in [3.05, 3.63) is 12.0 Å². The lowest BCUT2D eigenvalue weighted by molar-refractivity contribution is -0.152. The highest BCUT2D eigenvalue weighted by molar-refractivity contribution is 5.75. The quantitative estimate of drug-likeness (QED) is 0.671. The molecule has 1 rings (SSSR count). The predicted molar refractivity (Wildman–Crippen MR) is 60.3 cm³/mol. The molecule has 0 spiro atoms. The van der Waals surface area contributed by atoms with Crippen LogP contribution >= 0.6 is 0 Å². The molecule has 0 saturated carbocycles. The number of allylic oxidation sites excluding steroid dienone is 1. The normalized spacial score (nSPS) is 20.7. The van der Waals surface area contributed by atoms with E-state index < -0.39 is 0 Å². The number of hydrogen-bond acceptors (Lipinski definition) is 5. The van der Waals surface area contributed by atoms with Crippen LogP contribution in [0.3, 0.4) is 0 Å². The van der Waals surface area contributed by atoms with Gasteiger partial charge < -0.3 is 9.47 Å². The maximum atomic E-state index is 11.6. The maximum Gasteiger partial charge on any atom is 0.330 e. The lowest BCUT2D eigenvalue weighted by Crippen LogP contribution is -2.47. The number of hydrazine groups is 1. The van der Waals surface area contributed by atoms with Gasteiger partial charge in [-0.2, -0.15) is 0 Å². The molecule has 16 heavy (non-hydrogen) atoms. The fourth-order valence-electron chi connectivity index (χ4n) is 1.76.